The molecule has 0 aromatic heterocycles. The zero-order valence-corrected chi connectivity index (χ0v) is 15.7. The quantitative estimate of drug-likeness (QED) is 0.689. The number of aliphatic hydroxyl groups excluding tert-OH is 1. The van der Waals surface area contributed by atoms with Crippen LogP contribution in [-0.2, 0) is 11.3 Å². The first kappa shape index (κ1) is 19.5. The lowest BCUT2D eigenvalue weighted by Gasteiger charge is -2.24. The summed E-state index contributed by atoms with van der Waals surface area (Å²) in [6, 6.07) is 13.7. The van der Waals surface area contributed by atoms with Gasteiger partial charge in [0.1, 0.15) is 18.5 Å². The van der Waals surface area contributed by atoms with Crippen molar-refractivity contribution in [2.45, 2.75) is 26.0 Å². The van der Waals surface area contributed by atoms with E-state index in [-0.39, 0.29) is 6.10 Å². The Morgan fingerprint density at radius 1 is 1.36 bits per heavy atom. The van der Waals surface area contributed by atoms with Crippen LogP contribution >= 0.6 is 0 Å². The normalized spacial score (nSPS) is 13.0. The molecule has 1 aliphatic heterocycles. The van der Waals surface area contributed by atoms with E-state index in [1.807, 2.05) is 43.5 Å². The van der Waals surface area contributed by atoms with Crippen molar-refractivity contribution in [3.63, 3.8) is 0 Å². The number of hydrogen-bond donors (Lipinski definition) is 3. The van der Waals surface area contributed by atoms with Crippen molar-refractivity contribution < 1.29 is 14.6 Å². The lowest BCUT2D eigenvalue weighted by Crippen LogP contribution is -2.36. The van der Waals surface area contributed by atoms with Crippen molar-refractivity contribution in [2.75, 3.05) is 13.2 Å². The predicted molar refractivity (Wildman–Crippen MR) is 107 cm³/mol. The highest BCUT2D eigenvalue weighted by atomic mass is 16.5. The van der Waals surface area contributed by atoms with Crippen molar-refractivity contribution in [1.82, 2.24) is 10.6 Å². The molecule has 1 aliphatic rings. The maximum atomic E-state index is 11.4. The van der Waals surface area contributed by atoms with E-state index in [0.29, 0.717) is 25.1 Å². The van der Waals surface area contributed by atoms with E-state index in [1.54, 1.807) is 6.07 Å². The highest BCUT2D eigenvalue weighted by Crippen LogP contribution is 2.33. The molecule has 3 rings (SSSR count). The van der Waals surface area contributed by atoms with Gasteiger partial charge in [0.05, 0.1) is 18.2 Å². The van der Waals surface area contributed by atoms with Crippen molar-refractivity contribution >= 4 is 12.0 Å². The number of ether oxygens (including phenoxy) is 1. The van der Waals surface area contributed by atoms with Gasteiger partial charge in [0, 0.05) is 12.1 Å². The number of carbonyl (C=O) groups excluding carboxylic acids is 1. The van der Waals surface area contributed by atoms with Crippen LogP contribution in [0.3, 0.4) is 0 Å². The Balaban J connectivity index is 1.94. The van der Waals surface area contributed by atoms with Crippen LogP contribution in [-0.4, -0.2) is 30.3 Å². The van der Waals surface area contributed by atoms with Gasteiger partial charge in [-0.2, -0.15) is 5.26 Å². The number of amides is 1. The Morgan fingerprint density at radius 3 is 2.96 bits per heavy atom. The minimum Gasteiger partial charge on any atom is -0.488 e. The third kappa shape index (κ3) is 4.51. The fraction of sp³-hybridized carbons (Fsp3) is 0.273. The number of carbonyl (C=O) groups is 1. The maximum Gasteiger partial charge on any atom is 0.245 e. The van der Waals surface area contributed by atoms with E-state index in [2.05, 4.69) is 22.8 Å². The monoisotopic (exact) mass is 377 g/mol. The molecule has 0 fully saturated rings. The Bertz CT molecular complexity index is 931. The van der Waals surface area contributed by atoms with Gasteiger partial charge < -0.3 is 20.5 Å². The van der Waals surface area contributed by atoms with Gasteiger partial charge in [-0.3, -0.25) is 4.79 Å². The zero-order valence-electron chi connectivity index (χ0n) is 15.7. The Hall–Kier alpha value is -3.30. The second-order valence-electron chi connectivity index (χ2n) is 6.56. The Labute approximate surface area is 164 Å². The topological polar surface area (TPSA) is 94.4 Å². The third-order valence-electron chi connectivity index (χ3n) is 4.65. The molecule has 6 heteroatoms. The summed E-state index contributed by atoms with van der Waals surface area (Å²) >= 11 is 0. The number of rotatable bonds is 7. The van der Waals surface area contributed by atoms with Gasteiger partial charge in [-0.25, -0.2) is 0 Å². The van der Waals surface area contributed by atoms with Crippen LogP contribution in [0.15, 0.2) is 42.6 Å². The minimum atomic E-state index is -0.536. The Morgan fingerprint density at radius 2 is 2.21 bits per heavy atom. The summed E-state index contributed by atoms with van der Waals surface area (Å²) < 4.78 is 6.24. The summed E-state index contributed by atoms with van der Waals surface area (Å²) in [5.41, 5.74) is 4.62. The van der Waals surface area contributed by atoms with Crippen LogP contribution < -0.4 is 15.4 Å². The summed E-state index contributed by atoms with van der Waals surface area (Å²) in [6.45, 7) is 2.42. The second-order valence-corrected chi connectivity index (χ2v) is 6.56. The van der Waals surface area contributed by atoms with Crippen LogP contribution in [0.25, 0.3) is 17.2 Å². The standard InChI is InChI=1S/C22H23N3O3/c1-2-19(12-25-22(27)14-26)28-21-10-18(9-17-6-7-24-13-20(17)21)16-5-3-4-15(8-16)11-23/h3-10,19,24,26H,2,12-14H2,1H3,(H,25,27). The molecule has 144 valence electrons. The van der Waals surface area contributed by atoms with Crippen LogP contribution in [0.5, 0.6) is 5.75 Å². The fourth-order valence-corrected chi connectivity index (χ4v) is 3.09. The average molecular weight is 377 g/mol. The molecule has 6 nitrogen and oxygen atoms in total. The molecular formula is C22H23N3O3. The van der Waals surface area contributed by atoms with Gasteiger partial charge in [0.2, 0.25) is 5.91 Å². The molecule has 3 N–H and O–H groups in total. The Kier molecular flexibility index (Phi) is 6.30. The molecule has 1 amide bonds. The van der Waals surface area contributed by atoms with E-state index >= 15 is 0 Å². The number of nitriles is 1. The molecule has 0 radical (unpaired) electrons. The first-order valence-corrected chi connectivity index (χ1v) is 9.26. The van der Waals surface area contributed by atoms with Gasteiger partial charge in [-0.15, -0.1) is 0 Å². The van der Waals surface area contributed by atoms with Gasteiger partial charge >= 0.3 is 0 Å². The van der Waals surface area contributed by atoms with E-state index in [4.69, 9.17) is 9.84 Å². The molecule has 0 saturated heterocycles. The number of aliphatic hydroxyl groups is 1. The van der Waals surface area contributed by atoms with E-state index in [9.17, 15) is 10.1 Å². The highest BCUT2D eigenvalue weighted by Gasteiger charge is 2.18. The van der Waals surface area contributed by atoms with Crippen LogP contribution in [0.2, 0.25) is 0 Å². The molecule has 1 unspecified atom stereocenters. The molecule has 1 heterocycles. The lowest BCUT2D eigenvalue weighted by molar-refractivity contribution is -0.124. The molecule has 2 aromatic rings. The summed E-state index contributed by atoms with van der Waals surface area (Å²) in [4.78, 5) is 11.4. The van der Waals surface area contributed by atoms with Gasteiger partial charge in [0.15, 0.2) is 0 Å². The SMILES string of the molecule is CCC(CNC(=O)CO)Oc1cc(-c2cccc(C#N)c2)cc2c1CNC=C2. The molecule has 28 heavy (non-hydrogen) atoms. The van der Waals surface area contributed by atoms with Crippen molar-refractivity contribution in [3.8, 4) is 22.9 Å². The maximum absolute atomic E-state index is 11.4. The molecule has 0 aliphatic carbocycles. The summed E-state index contributed by atoms with van der Waals surface area (Å²) in [7, 11) is 0. The average Bonchev–Trinajstić information content (AvgIpc) is 2.76. The van der Waals surface area contributed by atoms with Crippen molar-refractivity contribution in [1.29, 1.82) is 5.26 Å². The number of fused-ring (bicyclic) bond motifs is 1. The molecular weight excluding hydrogens is 354 g/mol. The van der Waals surface area contributed by atoms with Gasteiger partial charge in [-0.1, -0.05) is 19.1 Å². The van der Waals surface area contributed by atoms with Crippen LogP contribution in [0.4, 0.5) is 0 Å². The second kappa shape index (κ2) is 9.07. The number of nitrogens with one attached hydrogen (secondary N) is 2. The van der Waals surface area contributed by atoms with E-state index < -0.39 is 12.5 Å². The van der Waals surface area contributed by atoms with E-state index in [1.165, 1.54) is 0 Å². The fourth-order valence-electron chi connectivity index (χ4n) is 3.09. The van der Waals surface area contributed by atoms with Crippen LogP contribution in [0, 0.1) is 11.3 Å². The predicted octanol–water partition coefficient (Wildman–Crippen LogP) is 2.57. The molecule has 0 spiro atoms. The highest BCUT2D eigenvalue weighted by molar-refractivity contribution is 5.77. The number of nitrogens with zero attached hydrogens (tertiary/aromatic N) is 1. The largest absolute Gasteiger partial charge is 0.488 e. The molecule has 2 aromatic carbocycles. The number of benzene rings is 2. The van der Waals surface area contributed by atoms with E-state index in [0.717, 1.165) is 28.0 Å². The number of hydrogen-bond acceptors (Lipinski definition) is 5. The van der Waals surface area contributed by atoms with Gasteiger partial charge in [-0.05, 0) is 59.7 Å². The van der Waals surface area contributed by atoms with Gasteiger partial charge in [0.25, 0.3) is 0 Å². The summed E-state index contributed by atoms with van der Waals surface area (Å²) in [5.74, 6) is 0.326. The minimum absolute atomic E-state index is 0.216. The first-order chi connectivity index (χ1) is 13.6. The zero-order chi connectivity index (χ0) is 19.9. The van der Waals surface area contributed by atoms with Crippen molar-refractivity contribution in [3.05, 3.63) is 59.3 Å². The summed E-state index contributed by atoms with van der Waals surface area (Å²) in [5, 5.41) is 23.9. The summed E-state index contributed by atoms with van der Waals surface area (Å²) in [6.07, 6.45) is 4.39. The molecule has 1 atom stereocenters. The van der Waals surface area contributed by atoms with Crippen LogP contribution in [0.1, 0.15) is 30.0 Å². The third-order valence-corrected chi connectivity index (χ3v) is 4.65. The molecule has 0 bridgehead atoms. The first-order valence-electron chi connectivity index (χ1n) is 9.26. The smallest absolute Gasteiger partial charge is 0.245 e. The lowest BCUT2D eigenvalue weighted by atomic mass is 9.96. The molecule has 0 saturated carbocycles. The van der Waals surface area contributed by atoms with Crippen molar-refractivity contribution in [2.24, 2.45) is 0 Å².